The molecule has 8 heteroatoms. The average molecular weight is 413 g/mol. The quantitative estimate of drug-likeness (QED) is 0.710. The molecule has 0 aliphatic carbocycles. The van der Waals surface area contributed by atoms with Crippen LogP contribution in [0.25, 0.3) is 10.9 Å². The molecule has 0 bridgehead atoms. The van der Waals surface area contributed by atoms with Gasteiger partial charge in [-0.3, -0.25) is 9.78 Å². The van der Waals surface area contributed by atoms with E-state index in [2.05, 4.69) is 4.98 Å². The van der Waals surface area contributed by atoms with Gasteiger partial charge in [-0.15, -0.1) is 0 Å². The van der Waals surface area contributed by atoms with Crippen LogP contribution in [0.15, 0.2) is 64.5 Å². The van der Waals surface area contributed by atoms with Crippen LogP contribution in [0.3, 0.4) is 0 Å². The van der Waals surface area contributed by atoms with Gasteiger partial charge in [0, 0.05) is 30.6 Å². The van der Waals surface area contributed by atoms with E-state index < -0.39 is 15.7 Å². The first-order valence-electron chi connectivity index (χ1n) is 9.30. The number of halogens is 1. The van der Waals surface area contributed by atoms with E-state index in [1.165, 1.54) is 36.5 Å². The molecule has 1 amide bonds. The molecule has 2 aromatic carbocycles. The zero-order chi connectivity index (χ0) is 20.6. The molecule has 0 saturated carbocycles. The van der Waals surface area contributed by atoms with Crippen LogP contribution in [0.1, 0.15) is 12.8 Å². The Hall–Kier alpha value is -3.00. The minimum atomic E-state index is -3.87. The Balaban J connectivity index is 1.90. The number of nitrogens with two attached hydrogens (primary N) is 1. The number of anilines is 1. The molecule has 1 aliphatic heterocycles. The Morgan fingerprint density at radius 1 is 1.10 bits per heavy atom. The molecule has 3 aromatic rings. The highest BCUT2D eigenvalue weighted by Gasteiger charge is 2.30. The van der Waals surface area contributed by atoms with Gasteiger partial charge in [0.25, 0.3) is 0 Å². The number of carbonyl (C=O) groups excluding carboxylic acids is 1. The standard InChI is InChI=1S/C21H20FN3O3S/c22-15-6-7-18-17(12-15)20(25-10-8-14(9-11-25)21(23)26)19(13-24-18)29(27,28)16-4-2-1-3-5-16/h1-7,12-14H,8-11H2,(H2,23,26). The van der Waals surface area contributed by atoms with Crippen LogP contribution < -0.4 is 10.6 Å². The Morgan fingerprint density at radius 2 is 1.79 bits per heavy atom. The Morgan fingerprint density at radius 3 is 2.45 bits per heavy atom. The van der Waals surface area contributed by atoms with Gasteiger partial charge in [0.2, 0.25) is 15.7 Å². The number of fused-ring (bicyclic) bond motifs is 1. The van der Waals surface area contributed by atoms with Crippen LogP contribution in [-0.2, 0) is 14.6 Å². The Bertz CT molecular complexity index is 1170. The van der Waals surface area contributed by atoms with E-state index in [0.717, 1.165) is 0 Å². The van der Waals surface area contributed by atoms with Crippen LogP contribution in [0, 0.1) is 11.7 Å². The van der Waals surface area contributed by atoms with Gasteiger partial charge in [0.15, 0.2) is 0 Å². The first-order chi connectivity index (χ1) is 13.9. The normalized spacial score (nSPS) is 15.6. The summed E-state index contributed by atoms with van der Waals surface area (Å²) in [5.74, 6) is -1.07. The molecule has 6 nitrogen and oxygen atoms in total. The maximum atomic E-state index is 14.0. The molecule has 0 atom stereocenters. The summed E-state index contributed by atoms with van der Waals surface area (Å²) in [7, 11) is -3.87. The second-order valence-corrected chi connectivity index (χ2v) is 9.03. The number of primary amides is 1. The number of amides is 1. The lowest BCUT2D eigenvalue weighted by molar-refractivity contribution is -0.122. The number of carbonyl (C=O) groups is 1. The molecule has 1 aromatic heterocycles. The highest BCUT2D eigenvalue weighted by molar-refractivity contribution is 7.91. The molecule has 2 N–H and O–H groups in total. The molecule has 150 valence electrons. The number of piperidine rings is 1. The SMILES string of the molecule is NC(=O)C1CCN(c2c(S(=O)(=O)c3ccccc3)cnc3ccc(F)cc23)CC1. The third kappa shape index (κ3) is 3.55. The van der Waals surface area contributed by atoms with E-state index in [4.69, 9.17) is 5.73 Å². The molecule has 1 aliphatic rings. The van der Waals surface area contributed by atoms with Crippen LogP contribution in [-0.4, -0.2) is 32.4 Å². The lowest BCUT2D eigenvalue weighted by atomic mass is 9.95. The lowest BCUT2D eigenvalue weighted by Gasteiger charge is -2.34. The van der Waals surface area contributed by atoms with Crippen molar-refractivity contribution in [2.75, 3.05) is 18.0 Å². The lowest BCUT2D eigenvalue weighted by Crippen LogP contribution is -2.39. The van der Waals surface area contributed by atoms with Gasteiger partial charge in [-0.05, 0) is 43.2 Å². The largest absolute Gasteiger partial charge is 0.370 e. The summed E-state index contributed by atoms with van der Waals surface area (Å²) < 4.78 is 40.8. The fraction of sp³-hybridized carbons (Fsp3) is 0.238. The summed E-state index contributed by atoms with van der Waals surface area (Å²) in [5.41, 5.74) is 6.35. The minimum Gasteiger partial charge on any atom is -0.370 e. The summed E-state index contributed by atoms with van der Waals surface area (Å²) in [6, 6.07) is 12.2. The molecule has 4 rings (SSSR count). The fourth-order valence-corrected chi connectivity index (χ4v) is 5.22. The van der Waals surface area contributed by atoms with Crippen molar-refractivity contribution in [1.29, 1.82) is 0 Å². The maximum absolute atomic E-state index is 14.0. The Kier molecular flexibility index (Phi) is 4.96. The molecule has 0 radical (unpaired) electrons. The van der Waals surface area contributed by atoms with Gasteiger partial charge < -0.3 is 10.6 Å². The van der Waals surface area contributed by atoms with Crippen molar-refractivity contribution in [3.05, 3.63) is 60.5 Å². The smallest absolute Gasteiger partial charge is 0.220 e. The van der Waals surface area contributed by atoms with Gasteiger partial charge in [0.05, 0.1) is 16.1 Å². The van der Waals surface area contributed by atoms with Crippen molar-refractivity contribution in [1.82, 2.24) is 4.98 Å². The molecular weight excluding hydrogens is 393 g/mol. The fourth-order valence-electron chi connectivity index (χ4n) is 3.77. The van der Waals surface area contributed by atoms with Crippen LogP contribution in [0.2, 0.25) is 0 Å². The van der Waals surface area contributed by atoms with Gasteiger partial charge in [-0.2, -0.15) is 0 Å². The number of hydrogen-bond donors (Lipinski definition) is 1. The molecule has 2 heterocycles. The van der Waals surface area contributed by atoms with Crippen LogP contribution >= 0.6 is 0 Å². The maximum Gasteiger partial charge on any atom is 0.220 e. The highest BCUT2D eigenvalue weighted by atomic mass is 32.2. The van der Waals surface area contributed by atoms with Crippen molar-refractivity contribution in [3.8, 4) is 0 Å². The summed E-state index contributed by atoms with van der Waals surface area (Å²) in [6.07, 6.45) is 2.36. The second kappa shape index (κ2) is 7.44. The number of aromatic nitrogens is 1. The summed E-state index contributed by atoms with van der Waals surface area (Å²) in [4.78, 5) is 17.8. The van der Waals surface area contributed by atoms with Crippen molar-refractivity contribution >= 4 is 32.3 Å². The average Bonchev–Trinajstić information content (AvgIpc) is 2.73. The number of nitrogens with zero attached hydrogens (tertiary/aromatic N) is 2. The predicted molar refractivity (Wildman–Crippen MR) is 108 cm³/mol. The topological polar surface area (TPSA) is 93.4 Å². The molecular formula is C21H20FN3O3S. The van der Waals surface area contributed by atoms with Crippen molar-refractivity contribution in [2.45, 2.75) is 22.6 Å². The predicted octanol–water partition coefficient (Wildman–Crippen LogP) is 2.91. The third-order valence-corrected chi connectivity index (χ3v) is 7.10. The summed E-state index contributed by atoms with van der Waals surface area (Å²) in [5, 5.41) is 0.430. The summed E-state index contributed by atoms with van der Waals surface area (Å²) in [6.45, 7) is 0.890. The number of hydrogen-bond acceptors (Lipinski definition) is 5. The van der Waals surface area contributed by atoms with Gasteiger partial charge in [-0.25, -0.2) is 12.8 Å². The highest BCUT2D eigenvalue weighted by Crippen LogP contribution is 2.37. The number of benzene rings is 2. The first kappa shape index (κ1) is 19.3. The molecule has 0 spiro atoms. The van der Waals surface area contributed by atoms with Gasteiger partial charge in [0.1, 0.15) is 10.7 Å². The number of sulfone groups is 1. The van der Waals surface area contributed by atoms with Crippen molar-refractivity contribution in [3.63, 3.8) is 0 Å². The van der Waals surface area contributed by atoms with Crippen molar-refractivity contribution in [2.24, 2.45) is 11.7 Å². The van der Waals surface area contributed by atoms with Crippen molar-refractivity contribution < 1.29 is 17.6 Å². The minimum absolute atomic E-state index is 0.0272. The van der Waals surface area contributed by atoms with E-state index in [9.17, 15) is 17.6 Å². The van der Waals surface area contributed by atoms with Crippen LogP contribution in [0.5, 0.6) is 0 Å². The molecule has 0 unspecified atom stereocenters. The number of pyridine rings is 1. The zero-order valence-electron chi connectivity index (χ0n) is 15.6. The summed E-state index contributed by atoms with van der Waals surface area (Å²) >= 11 is 0. The monoisotopic (exact) mass is 413 g/mol. The third-order valence-electron chi connectivity index (χ3n) is 5.32. The van der Waals surface area contributed by atoms with Gasteiger partial charge >= 0.3 is 0 Å². The Labute approximate surface area is 168 Å². The van der Waals surface area contributed by atoms with E-state index in [-0.39, 0.29) is 21.6 Å². The molecule has 1 fully saturated rings. The molecule has 29 heavy (non-hydrogen) atoms. The van der Waals surface area contributed by atoms with E-state index in [1.54, 1.807) is 18.2 Å². The number of rotatable bonds is 4. The van der Waals surface area contributed by atoms with E-state index >= 15 is 0 Å². The molecule has 1 saturated heterocycles. The van der Waals surface area contributed by atoms with Crippen LogP contribution in [0.4, 0.5) is 10.1 Å². The van der Waals surface area contributed by atoms with Gasteiger partial charge in [-0.1, -0.05) is 18.2 Å². The first-order valence-corrected chi connectivity index (χ1v) is 10.8. The van der Waals surface area contributed by atoms with E-state index in [0.29, 0.717) is 42.5 Å². The zero-order valence-corrected chi connectivity index (χ0v) is 16.4. The second-order valence-electron chi connectivity index (χ2n) is 7.11. The van der Waals surface area contributed by atoms with E-state index in [1.807, 2.05) is 4.90 Å².